The molecular weight excluding hydrogens is 471 g/mol. The Labute approximate surface area is 186 Å². The van der Waals surface area contributed by atoms with E-state index in [2.05, 4.69) is 20.9 Å². The van der Waals surface area contributed by atoms with Crippen LogP contribution in [-0.2, 0) is 16.1 Å². The molecule has 0 aliphatic rings. The van der Waals surface area contributed by atoms with Gasteiger partial charge in [0.1, 0.15) is 12.4 Å². The van der Waals surface area contributed by atoms with Crippen molar-refractivity contribution in [3.63, 3.8) is 0 Å². The number of benzene rings is 1. The summed E-state index contributed by atoms with van der Waals surface area (Å²) in [5.74, 6) is 1.56. The van der Waals surface area contributed by atoms with Crippen LogP contribution in [0, 0.1) is 6.92 Å². The lowest BCUT2D eigenvalue weighted by Gasteiger charge is -2.13. The molecule has 8 heteroatoms. The van der Waals surface area contributed by atoms with E-state index in [1.807, 2.05) is 39.0 Å². The minimum absolute atomic E-state index is 0. The van der Waals surface area contributed by atoms with E-state index < -0.39 is 0 Å². The average molecular weight is 506 g/mol. The summed E-state index contributed by atoms with van der Waals surface area (Å²) in [5, 5.41) is 9.26. The molecule has 28 heavy (non-hydrogen) atoms. The van der Waals surface area contributed by atoms with Crippen molar-refractivity contribution in [2.24, 2.45) is 4.99 Å². The van der Waals surface area contributed by atoms with Gasteiger partial charge in [0.05, 0.1) is 13.2 Å². The number of hydrogen-bond acceptors (Lipinski definition) is 4. The number of carbonyl (C=O) groups excluding carboxylic acids is 1. The molecule has 1 aromatic carbocycles. The van der Waals surface area contributed by atoms with Gasteiger partial charge in [0.15, 0.2) is 5.96 Å². The van der Waals surface area contributed by atoms with Crippen molar-refractivity contribution in [2.75, 3.05) is 40.0 Å². The molecule has 0 atom stereocenters. The molecule has 0 spiro atoms. The number of nitrogens with zero attached hydrogens (tertiary/aromatic N) is 1. The van der Waals surface area contributed by atoms with E-state index in [1.54, 1.807) is 7.11 Å². The first-order valence-corrected chi connectivity index (χ1v) is 9.60. The Morgan fingerprint density at radius 3 is 2.57 bits per heavy atom. The Morgan fingerprint density at radius 2 is 1.89 bits per heavy atom. The van der Waals surface area contributed by atoms with Crippen LogP contribution in [0.5, 0.6) is 5.75 Å². The van der Waals surface area contributed by atoms with Crippen LogP contribution in [-0.4, -0.2) is 51.8 Å². The number of nitrogens with one attached hydrogen (secondary N) is 3. The summed E-state index contributed by atoms with van der Waals surface area (Å²) in [6.07, 6.45) is 1.36. The standard InChI is InChI=1S/C20H34N4O3.HI/c1-5-10-22-19(25)9-11-23-20(21-6-2)24-15-17-8-7-16(3)14-18(17)27-13-12-26-4;/h7-8,14H,5-6,9-13,15H2,1-4H3,(H,22,25)(H2,21,23,24);1H. The van der Waals surface area contributed by atoms with Gasteiger partial charge in [0, 0.05) is 38.7 Å². The number of ether oxygens (including phenoxy) is 2. The smallest absolute Gasteiger partial charge is 0.221 e. The molecule has 0 heterocycles. The molecule has 0 saturated heterocycles. The van der Waals surface area contributed by atoms with E-state index in [0.717, 1.165) is 29.8 Å². The number of aryl methyl sites for hydroxylation is 1. The Balaban J connectivity index is 0.00000729. The van der Waals surface area contributed by atoms with Gasteiger partial charge in [-0.3, -0.25) is 4.79 Å². The van der Waals surface area contributed by atoms with Gasteiger partial charge in [0.25, 0.3) is 0 Å². The fourth-order valence-corrected chi connectivity index (χ4v) is 2.31. The van der Waals surface area contributed by atoms with E-state index in [1.165, 1.54) is 0 Å². The maximum Gasteiger partial charge on any atom is 0.221 e. The van der Waals surface area contributed by atoms with Gasteiger partial charge in [-0.1, -0.05) is 19.1 Å². The van der Waals surface area contributed by atoms with E-state index in [4.69, 9.17) is 9.47 Å². The third-order valence-corrected chi connectivity index (χ3v) is 3.74. The van der Waals surface area contributed by atoms with Crippen molar-refractivity contribution in [3.8, 4) is 5.75 Å². The van der Waals surface area contributed by atoms with Gasteiger partial charge in [-0.05, 0) is 31.9 Å². The molecule has 0 aliphatic carbocycles. The predicted molar refractivity (Wildman–Crippen MR) is 125 cm³/mol. The predicted octanol–water partition coefficient (Wildman–Crippen LogP) is 2.61. The van der Waals surface area contributed by atoms with Crippen molar-refractivity contribution in [2.45, 2.75) is 40.2 Å². The lowest BCUT2D eigenvalue weighted by Crippen LogP contribution is -2.39. The molecule has 0 bridgehead atoms. The van der Waals surface area contributed by atoms with Crippen molar-refractivity contribution < 1.29 is 14.3 Å². The molecule has 0 fully saturated rings. The van der Waals surface area contributed by atoms with Crippen LogP contribution in [0.4, 0.5) is 0 Å². The summed E-state index contributed by atoms with van der Waals surface area (Å²) in [6.45, 7) is 9.61. The molecule has 0 saturated carbocycles. The van der Waals surface area contributed by atoms with E-state index in [0.29, 0.717) is 45.2 Å². The monoisotopic (exact) mass is 506 g/mol. The van der Waals surface area contributed by atoms with Gasteiger partial charge in [-0.25, -0.2) is 4.99 Å². The summed E-state index contributed by atoms with van der Waals surface area (Å²) in [4.78, 5) is 16.3. The molecule has 1 rings (SSSR count). The van der Waals surface area contributed by atoms with Gasteiger partial charge >= 0.3 is 0 Å². The largest absolute Gasteiger partial charge is 0.491 e. The van der Waals surface area contributed by atoms with Crippen LogP contribution < -0.4 is 20.7 Å². The van der Waals surface area contributed by atoms with Gasteiger partial charge in [-0.2, -0.15) is 0 Å². The second-order valence-corrected chi connectivity index (χ2v) is 6.17. The third kappa shape index (κ3) is 11.3. The fraction of sp³-hybridized carbons (Fsp3) is 0.600. The summed E-state index contributed by atoms with van der Waals surface area (Å²) >= 11 is 0. The summed E-state index contributed by atoms with van der Waals surface area (Å²) in [5.41, 5.74) is 2.15. The average Bonchev–Trinajstić information content (AvgIpc) is 2.65. The highest BCUT2D eigenvalue weighted by molar-refractivity contribution is 14.0. The summed E-state index contributed by atoms with van der Waals surface area (Å²) in [6, 6.07) is 6.09. The topological polar surface area (TPSA) is 84.0 Å². The van der Waals surface area contributed by atoms with Gasteiger partial charge < -0.3 is 25.4 Å². The number of carbonyl (C=O) groups is 1. The quantitative estimate of drug-likeness (QED) is 0.176. The van der Waals surface area contributed by atoms with E-state index in [9.17, 15) is 4.79 Å². The molecule has 160 valence electrons. The van der Waals surface area contributed by atoms with E-state index >= 15 is 0 Å². The second kappa shape index (κ2) is 16.4. The first-order valence-electron chi connectivity index (χ1n) is 9.60. The zero-order chi connectivity index (χ0) is 19.9. The minimum Gasteiger partial charge on any atom is -0.491 e. The Kier molecular flexibility index (Phi) is 15.5. The molecule has 3 N–H and O–H groups in total. The lowest BCUT2D eigenvalue weighted by atomic mass is 10.1. The number of aliphatic imine (C=N–C) groups is 1. The van der Waals surface area contributed by atoms with Gasteiger partial charge in [-0.15, -0.1) is 24.0 Å². The van der Waals surface area contributed by atoms with Crippen LogP contribution in [0.1, 0.15) is 37.8 Å². The number of amides is 1. The van der Waals surface area contributed by atoms with Crippen LogP contribution in [0.2, 0.25) is 0 Å². The number of hydrogen-bond donors (Lipinski definition) is 3. The normalized spacial score (nSPS) is 10.8. The van der Waals surface area contributed by atoms with Crippen LogP contribution in [0.3, 0.4) is 0 Å². The zero-order valence-electron chi connectivity index (χ0n) is 17.5. The Morgan fingerprint density at radius 1 is 1.11 bits per heavy atom. The third-order valence-electron chi connectivity index (χ3n) is 3.74. The van der Waals surface area contributed by atoms with Crippen molar-refractivity contribution in [1.29, 1.82) is 0 Å². The first-order chi connectivity index (χ1) is 13.1. The fourth-order valence-electron chi connectivity index (χ4n) is 2.31. The SMILES string of the molecule is CCCNC(=O)CCNC(=NCc1ccc(C)cc1OCCOC)NCC.I. The lowest BCUT2D eigenvalue weighted by molar-refractivity contribution is -0.120. The second-order valence-electron chi connectivity index (χ2n) is 6.17. The van der Waals surface area contributed by atoms with Crippen LogP contribution in [0.25, 0.3) is 0 Å². The molecule has 0 aliphatic heterocycles. The molecule has 1 aromatic rings. The molecule has 0 unspecified atom stereocenters. The van der Waals surface area contributed by atoms with Crippen molar-refractivity contribution in [1.82, 2.24) is 16.0 Å². The van der Waals surface area contributed by atoms with Crippen LogP contribution in [0.15, 0.2) is 23.2 Å². The maximum atomic E-state index is 11.7. The molecule has 1 amide bonds. The highest BCUT2D eigenvalue weighted by Crippen LogP contribution is 2.21. The van der Waals surface area contributed by atoms with E-state index in [-0.39, 0.29) is 29.9 Å². The van der Waals surface area contributed by atoms with Gasteiger partial charge in [0.2, 0.25) is 5.91 Å². The summed E-state index contributed by atoms with van der Waals surface area (Å²) in [7, 11) is 1.65. The Hall–Kier alpha value is -1.55. The molecule has 7 nitrogen and oxygen atoms in total. The molecule has 0 radical (unpaired) electrons. The Bertz CT molecular complexity index is 597. The summed E-state index contributed by atoms with van der Waals surface area (Å²) < 4.78 is 10.9. The van der Waals surface area contributed by atoms with Crippen molar-refractivity contribution >= 4 is 35.8 Å². The first kappa shape index (κ1) is 26.4. The highest BCUT2D eigenvalue weighted by Gasteiger charge is 2.06. The number of rotatable bonds is 12. The molecular formula is C20H35IN4O3. The zero-order valence-corrected chi connectivity index (χ0v) is 19.8. The molecule has 0 aromatic heterocycles. The number of halogens is 1. The highest BCUT2D eigenvalue weighted by atomic mass is 127. The minimum atomic E-state index is 0. The number of guanidine groups is 1. The maximum absolute atomic E-state index is 11.7. The van der Waals surface area contributed by atoms with Crippen LogP contribution >= 0.6 is 24.0 Å². The van der Waals surface area contributed by atoms with Crippen molar-refractivity contribution in [3.05, 3.63) is 29.3 Å². The number of methoxy groups -OCH3 is 1.